The van der Waals surface area contributed by atoms with E-state index in [1.165, 1.54) is 11.3 Å². The number of ether oxygens (including phenoxy) is 1. The van der Waals surface area contributed by atoms with Gasteiger partial charge in [0.15, 0.2) is 0 Å². The largest absolute Gasteiger partial charge is 0.381 e. The molecule has 0 atom stereocenters. The summed E-state index contributed by atoms with van der Waals surface area (Å²) in [6, 6.07) is 4.84. The van der Waals surface area contributed by atoms with Crippen LogP contribution in [0.1, 0.15) is 49.9 Å². The van der Waals surface area contributed by atoms with Crippen molar-refractivity contribution in [3.05, 3.63) is 24.3 Å². The maximum atomic E-state index is 8.87. The number of nitrogens with one attached hydrogen (secondary N) is 1. The summed E-state index contributed by atoms with van der Waals surface area (Å²) in [5.41, 5.74) is 3.15. The van der Waals surface area contributed by atoms with Crippen LogP contribution in [-0.4, -0.2) is 57.3 Å². The molecule has 0 amide bonds. The molecule has 1 N–H and O–H groups in total. The first kappa shape index (κ1) is 17.7. The summed E-state index contributed by atoms with van der Waals surface area (Å²) in [6.07, 6.45) is 8.76. The van der Waals surface area contributed by atoms with E-state index in [0.29, 0.717) is 18.4 Å². The van der Waals surface area contributed by atoms with E-state index in [0.717, 1.165) is 75.1 Å². The fourth-order valence-electron chi connectivity index (χ4n) is 4.83. The number of hydrogen-bond donors (Lipinski definition) is 1. The molecule has 146 valence electrons. The number of pyridine rings is 1. The van der Waals surface area contributed by atoms with Gasteiger partial charge in [-0.1, -0.05) is 0 Å². The lowest BCUT2D eigenvalue weighted by atomic mass is 9.97. The summed E-state index contributed by atoms with van der Waals surface area (Å²) in [5.74, 6) is 1.66. The van der Waals surface area contributed by atoms with Gasteiger partial charge in [0.25, 0.3) is 0 Å². The minimum Gasteiger partial charge on any atom is -0.381 e. The van der Waals surface area contributed by atoms with Gasteiger partial charge in [-0.3, -0.25) is 0 Å². The maximum absolute atomic E-state index is 8.87. The normalized spacial score (nSPS) is 20.1. The number of rotatable bonds is 4. The van der Waals surface area contributed by atoms with Crippen molar-refractivity contribution in [1.82, 2.24) is 24.4 Å². The number of likely N-dealkylation sites (tertiary alicyclic amines) is 1. The van der Waals surface area contributed by atoms with Crippen LogP contribution in [0, 0.1) is 11.3 Å². The molecule has 3 aromatic rings. The van der Waals surface area contributed by atoms with Crippen molar-refractivity contribution in [2.45, 2.75) is 44.1 Å². The van der Waals surface area contributed by atoms with Crippen LogP contribution in [0.15, 0.2) is 18.5 Å². The molecule has 0 aromatic carbocycles. The fourth-order valence-corrected chi connectivity index (χ4v) is 4.83. The highest BCUT2D eigenvalue weighted by Crippen LogP contribution is 2.37. The topological polar surface area (TPSA) is 82.8 Å². The zero-order chi connectivity index (χ0) is 18.9. The molecular weight excluding hydrogens is 352 g/mol. The Hall–Kier alpha value is -2.43. The highest BCUT2D eigenvalue weighted by atomic mass is 16.5. The van der Waals surface area contributed by atoms with Crippen LogP contribution >= 0.6 is 0 Å². The number of piperidine rings is 1. The molecule has 2 aliphatic rings. The highest BCUT2D eigenvalue weighted by molar-refractivity contribution is 6.01. The van der Waals surface area contributed by atoms with Gasteiger partial charge in [-0.2, -0.15) is 5.26 Å². The summed E-state index contributed by atoms with van der Waals surface area (Å²) in [6.45, 7) is 4.60. The molecule has 3 aromatic heterocycles. The van der Waals surface area contributed by atoms with E-state index in [-0.39, 0.29) is 0 Å². The van der Waals surface area contributed by atoms with Crippen LogP contribution in [0.5, 0.6) is 0 Å². The first-order valence-corrected chi connectivity index (χ1v) is 10.4. The van der Waals surface area contributed by atoms with Crippen molar-refractivity contribution in [2.75, 3.05) is 32.8 Å². The van der Waals surface area contributed by atoms with Crippen LogP contribution < -0.4 is 0 Å². The highest BCUT2D eigenvalue weighted by Gasteiger charge is 2.29. The van der Waals surface area contributed by atoms with Gasteiger partial charge in [-0.25, -0.2) is 9.97 Å². The second-order valence-electron chi connectivity index (χ2n) is 7.94. The Morgan fingerprint density at radius 3 is 2.82 bits per heavy atom. The van der Waals surface area contributed by atoms with E-state index in [9.17, 15) is 0 Å². The third kappa shape index (κ3) is 3.07. The summed E-state index contributed by atoms with van der Waals surface area (Å²) < 4.78 is 8.14. The monoisotopic (exact) mass is 378 g/mol. The quantitative estimate of drug-likeness (QED) is 0.753. The molecule has 0 saturated carbocycles. The first-order chi connectivity index (χ1) is 13.8. The third-order valence-corrected chi connectivity index (χ3v) is 6.31. The second kappa shape index (κ2) is 7.53. The summed E-state index contributed by atoms with van der Waals surface area (Å²) in [7, 11) is 0. The standard InChI is InChI=1S/C21H26N6O/c22-7-1-9-26-10-3-16(4-11-26)27-19-17-2-8-23-20(17)24-14-18(19)25-21(27)15-5-12-28-13-6-15/h2,8,14-16H,1,3-6,9-13H2,(H,23,24). The molecule has 5 heterocycles. The average molecular weight is 378 g/mol. The van der Waals surface area contributed by atoms with Crippen LogP contribution in [-0.2, 0) is 4.74 Å². The van der Waals surface area contributed by atoms with Gasteiger partial charge < -0.3 is 19.2 Å². The lowest BCUT2D eigenvalue weighted by Gasteiger charge is -2.34. The lowest BCUT2D eigenvalue weighted by molar-refractivity contribution is 0.0819. The molecule has 0 aliphatic carbocycles. The maximum Gasteiger partial charge on any atom is 0.139 e. The van der Waals surface area contributed by atoms with Crippen LogP contribution in [0.3, 0.4) is 0 Å². The Morgan fingerprint density at radius 2 is 2.04 bits per heavy atom. The number of aromatic amines is 1. The fraction of sp³-hybridized carbons (Fsp3) is 0.571. The molecule has 7 heteroatoms. The number of H-pyrrole nitrogens is 1. The Bertz CT molecular complexity index is 1000. The van der Waals surface area contributed by atoms with Gasteiger partial charge in [-0.15, -0.1) is 0 Å². The van der Waals surface area contributed by atoms with Crippen molar-refractivity contribution in [1.29, 1.82) is 5.26 Å². The molecule has 7 nitrogen and oxygen atoms in total. The predicted octanol–water partition coefficient (Wildman–Crippen LogP) is 3.36. The molecule has 0 spiro atoms. The van der Waals surface area contributed by atoms with Gasteiger partial charge in [0.05, 0.1) is 17.8 Å². The first-order valence-electron chi connectivity index (χ1n) is 10.4. The van der Waals surface area contributed by atoms with Crippen LogP contribution in [0.4, 0.5) is 0 Å². The molecule has 0 bridgehead atoms. The Kier molecular flexibility index (Phi) is 4.75. The smallest absolute Gasteiger partial charge is 0.139 e. The number of nitriles is 1. The number of aromatic nitrogens is 4. The molecule has 2 aliphatic heterocycles. The zero-order valence-corrected chi connectivity index (χ0v) is 16.1. The molecule has 0 unspecified atom stereocenters. The predicted molar refractivity (Wildman–Crippen MR) is 107 cm³/mol. The molecular formula is C21H26N6O. The summed E-state index contributed by atoms with van der Waals surface area (Å²) in [4.78, 5) is 15.3. The molecule has 28 heavy (non-hydrogen) atoms. The van der Waals surface area contributed by atoms with E-state index in [4.69, 9.17) is 15.0 Å². The van der Waals surface area contributed by atoms with Crippen molar-refractivity contribution in [2.24, 2.45) is 0 Å². The Balaban J connectivity index is 1.55. The van der Waals surface area contributed by atoms with Crippen molar-refractivity contribution in [3.63, 3.8) is 0 Å². The van der Waals surface area contributed by atoms with Crippen molar-refractivity contribution < 1.29 is 4.74 Å². The van der Waals surface area contributed by atoms with Gasteiger partial charge in [-0.05, 0) is 31.7 Å². The molecule has 0 radical (unpaired) electrons. The Labute approximate surface area is 164 Å². The Morgan fingerprint density at radius 1 is 1.21 bits per heavy atom. The minimum absolute atomic E-state index is 0.446. The molecule has 2 saturated heterocycles. The average Bonchev–Trinajstić information content (AvgIpc) is 3.37. The molecule has 2 fully saturated rings. The SMILES string of the molecule is N#CCCN1CCC(n2c(C3CCOCC3)nc3cnc4[nH]ccc4c32)CC1. The van der Waals surface area contributed by atoms with Gasteiger partial charge in [0.1, 0.15) is 17.0 Å². The lowest BCUT2D eigenvalue weighted by Crippen LogP contribution is -2.36. The van der Waals surface area contributed by atoms with E-state index in [2.05, 4.69) is 31.6 Å². The minimum atomic E-state index is 0.446. The number of fused-ring (bicyclic) bond motifs is 3. The van der Waals surface area contributed by atoms with E-state index < -0.39 is 0 Å². The van der Waals surface area contributed by atoms with Crippen LogP contribution in [0.25, 0.3) is 22.1 Å². The van der Waals surface area contributed by atoms with Crippen molar-refractivity contribution >= 4 is 22.1 Å². The number of nitrogens with zero attached hydrogens (tertiary/aromatic N) is 5. The second-order valence-corrected chi connectivity index (χ2v) is 7.94. The van der Waals surface area contributed by atoms with E-state index >= 15 is 0 Å². The van der Waals surface area contributed by atoms with Gasteiger partial charge >= 0.3 is 0 Å². The van der Waals surface area contributed by atoms with Crippen LogP contribution in [0.2, 0.25) is 0 Å². The van der Waals surface area contributed by atoms with E-state index in [1.54, 1.807) is 0 Å². The van der Waals surface area contributed by atoms with E-state index in [1.807, 2.05) is 12.4 Å². The number of imidazole rings is 1. The van der Waals surface area contributed by atoms with Gasteiger partial charge in [0, 0.05) is 62.8 Å². The molecule has 5 rings (SSSR count). The zero-order valence-electron chi connectivity index (χ0n) is 16.1. The number of hydrogen-bond acceptors (Lipinski definition) is 5. The third-order valence-electron chi connectivity index (χ3n) is 6.31. The summed E-state index contributed by atoms with van der Waals surface area (Å²) in [5, 5.41) is 10.0. The van der Waals surface area contributed by atoms with Gasteiger partial charge in [0.2, 0.25) is 0 Å². The summed E-state index contributed by atoms with van der Waals surface area (Å²) >= 11 is 0. The van der Waals surface area contributed by atoms with Crippen molar-refractivity contribution in [3.8, 4) is 6.07 Å².